The van der Waals surface area contributed by atoms with E-state index in [1.807, 2.05) is 13.8 Å². The van der Waals surface area contributed by atoms with Crippen LogP contribution in [0.25, 0.3) is 0 Å². The molecule has 0 aromatic carbocycles. The first kappa shape index (κ1) is 10.7. The van der Waals surface area contributed by atoms with E-state index < -0.39 is 0 Å². The third kappa shape index (κ3) is 4.04. The van der Waals surface area contributed by atoms with Gasteiger partial charge in [-0.2, -0.15) is 0 Å². The number of aromatic amines is 1. The number of H-pyrrole nitrogens is 1. The summed E-state index contributed by atoms with van der Waals surface area (Å²) < 4.78 is 5.14. The maximum absolute atomic E-state index is 11.2. The average molecular weight is 197 g/mol. The molecule has 5 heteroatoms. The van der Waals surface area contributed by atoms with Crippen LogP contribution in [0, 0.1) is 0 Å². The molecule has 1 aromatic rings. The fraction of sp³-hybridized carbons (Fsp3) is 0.556. The summed E-state index contributed by atoms with van der Waals surface area (Å²) in [6, 6.07) is 0. The van der Waals surface area contributed by atoms with Gasteiger partial charge in [0.2, 0.25) is 5.91 Å². The van der Waals surface area contributed by atoms with E-state index in [1.165, 1.54) is 0 Å². The summed E-state index contributed by atoms with van der Waals surface area (Å²) in [6.45, 7) is 4.34. The maximum atomic E-state index is 11.2. The Morgan fingerprint density at radius 3 is 3.07 bits per heavy atom. The highest BCUT2D eigenvalue weighted by molar-refractivity contribution is 5.77. The molecular formula is C9H15N3O2. The van der Waals surface area contributed by atoms with E-state index in [9.17, 15) is 4.79 Å². The lowest BCUT2D eigenvalue weighted by atomic mass is 10.4. The van der Waals surface area contributed by atoms with Gasteiger partial charge in [0.05, 0.1) is 24.7 Å². The van der Waals surface area contributed by atoms with E-state index in [-0.39, 0.29) is 18.6 Å². The van der Waals surface area contributed by atoms with Crippen molar-refractivity contribution >= 4 is 5.91 Å². The average Bonchev–Trinajstić information content (AvgIpc) is 2.63. The Morgan fingerprint density at radius 2 is 2.50 bits per heavy atom. The van der Waals surface area contributed by atoms with Crippen LogP contribution >= 0.6 is 0 Å². The van der Waals surface area contributed by atoms with Crippen LogP contribution in [0.4, 0.5) is 0 Å². The van der Waals surface area contributed by atoms with Crippen molar-refractivity contribution in [1.82, 2.24) is 15.3 Å². The fourth-order valence-corrected chi connectivity index (χ4v) is 0.869. The topological polar surface area (TPSA) is 67.0 Å². The minimum Gasteiger partial charge on any atom is -0.369 e. The number of carbonyl (C=O) groups is 1. The molecule has 0 aliphatic carbocycles. The SMILES string of the molecule is CC(C)OCC(=O)NCc1cnc[nH]1. The molecule has 1 amide bonds. The van der Waals surface area contributed by atoms with Crippen LogP contribution in [0.15, 0.2) is 12.5 Å². The lowest BCUT2D eigenvalue weighted by molar-refractivity contribution is -0.127. The van der Waals surface area contributed by atoms with Crippen LogP contribution in [0.3, 0.4) is 0 Å². The zero-order chi connectivity index (χ0) is 10.4. The van der Waals surface area contributed by atoms with Gasteiger partial charge >= 0.3 is 0 Å². The van der Waals surface area contributed by atoms with Crippen LogP contribution in [-0.4, -0.2) is 28.6 Å². The van der Waals surface area contributed by atoms with E-state index in [1.54, 1.807) is 12.5 Å². The van der Waals surface area contributed by atoms with Crippen LogP contribution in [-0.2, 0) is 16.1 Å². The molecule has 5 nitrogen and oxygen atoms in total. The van der Waals surface area contributed by atoms with Crippen LogP contribution in [0.5, 0.6) is 0 Å². The number of ether oxygens (including phenoxy) is 1. The molecule has 0 spiro atoms. The standard InChI is InChI=1S/C9H15N3O2/c1-7(2)14-5-9(13)11-4-8-3-10-6-12-8/h3,6-7H,4-5H2,1-2H3,(H,10,12)(H,11,13). The second-order valence-corrected chi connectivity index (χ2v) is 3.21. The van der Waals surface area contributed by atoms with Crippen LogP contribution in [0.2, 0.25) is 0 Å². The summed E-state index contributed by atoms with van der Waals surface area (Å²) >= 11 is 0. The van der Waals surface area contributed by atoms with Crippen molar-refractivity contribution in [2.24, 2.45) is 0 Å². The Kier molecular flexibility index (Phi) is 4.12. The number of hydrogen-bond donors (Lipinski definition) is 2. The van der Waals surface area contributed by atoms with Crippen molar-refractivity contribution in [2.75, 3.05) is 6.61 Å². The predicted octanol–water partition coefficient (Wildman–Crippen LogP) is 0.451. The number of rotatable bonds is 5. The first-order valence-electron chi connectivity index (χ1n) is 4.54. The molecule has 0 saturated heterocycles. The molecule has 0 aliphatic rings. The van der Waals surface area contributed by atoms with Crippen molar-refractivity contribution in [1.29, 1.82) is 0 Å². The smallest absolute Gasteiger partial charge is 0.246 e. The molecule has 0 atom stereocenters. The molecule has 0 aliphatic heterocycles. The highest BCUT2D eigenvalue weighted by Gasteiger charge is 2.02. The summed E-state index contributed by atoms with van der Waals surface area (Å²) in [5.74, 6) is -0.117. The number of imidazole rings is 1. The number of carbonyl (C=O) groups excluding carboxylic acids is 1. The molecule has 14 heavy (non-hydrogen) atoms. The van der Waals surface area contributed by atoms with Gasteiger partial charge in [0.25, 0.3) is 0 Å². The predicted molar refractivity (Wildman–Crippen MR) is 51.5 cm³/mol. The van der Waals surface area contributed by atoms with E-state index in [0.29, 0.717) is 6.54 Å². The molecule has 1 aromatic heterocycles. The molecule has 0 saturated carbocycles. The van der Waals surface area contributed by atoms with E-state index >= 15 is 0 Å². The Bertz CT molecular complexity index is 270. The first-order chi connectivity index (χ1) is 6.68. The second kappa shape index (κ2) is 5.39. The van der Waals surface area contributed by atoms with Crippen molar-refractivity contribution in [3.05, 3.63) is 18.2 Å². The van der Waals surface area contributed by atoms with Gasteiger partial charge in [-0.05, 0) is 13.8 Å². The second-order valence-electron chi connectivity index (χ2n) is 3.21. The summed E-state index contributed by atoms with van der Waals surface area (Å²) in [6.07, 6.45) is 3.32. The largest absolute Gasteiger partial charge is 0.369 e. The van der Waals surface area contributed by atoms with Crippen molar-refractivity contribution in [3.63, 3.8) is 0 Å². The number of amides is 1. The Balaban J connectivity index is 2.15. The monoisotopic (exact) mass is 197 g/mol. The van der Waals surface area contributed by atoms with E-state index in [0.717, 1.165) is 5.69 Å². The molecular weight excluding hydrogens is 182 g/mol. The normalized spacial score (nSPS) is 10.5. The highest BCUT2D eigenvalue weighted by Crippen LogP contribution is 1.90. The number of aromatic nitrogens is 2. The van der Waals surface area contributed by atoms with Crippen molar-refractivity contribution in [2.45, 2.75) is 26.5 Å². The maximum Gasteiger partial charge on any atom is 0.246 e. The third-order valence-corrected chi connectivity index (χ3v) is 1.58. The Morgan fingerprint density at radius 1 is 1.71 bits per heavy atom. The number of nitrogens with zero attached hydrogens (tertiary/aromatic N) is 1. The summed E-state index contributed by atoms with van der Waals surface area (Å²) in [5.41, 5.74) is 0.878. The minimum atomic E-state index is -0.117. The van der Waals surface area contributed by atoms with Gasteiger partial charge in [-0.3, -0.25) is 4.79 Å². The van der Waals surface area contributed by atoms with E-state index in [4.69, 9.17) is 4.74 Å². The van der Waals surface area contributed by atoms with Crippen molar-refractivity contribution < 1.29 is 9.53 Å². The lowest BCUT2D eigenvalue weighted by Gasteiger charge is -2.07. The van der Waals surface area contributed by atoms with Gasteiger partial charge in [0.15, 0.2) is 0 Å². The molecule has 0 bridgehead atoms. The lowest BCUT2D eigenvalue weighted by Crippen LogP contribution is -2.28. The summed E-state index contributed by atoms with van der Waals surface area (Å²) in [4.78, 5) is 17.9. The summed E-state index contributed by atoms with van der Waals surface area (Å²) in [5, 5.41) is 2.71. The van der Waals surface area contributed by atoms with E-state index in [2.05, 4.69) is 15.3 Å². The van der Waals surface area contributed by atoms with Crippen LogP contribution in [0.1, 0.15) is 19.5 Å². The first-order valence-corrected chi connectivity index (χ1v) is 4.54. The quantitative estimate of drug-likeness (QED) is 0.720. The zero-order valence-corrected chi connectivity index (χ0v) is 8.41. The van der Waals surface area contributed by atoms with Gasteiger partial charge in [-0.15, -0.1) is 0 Å². The minimum absolute atomic E-state index is 0.0768. The zero-order valence-electron chi connectivity index (χ0n) is 8.41. The highest BCUT2D eigenvalue weighted by atomic mass is 16.5. The third-order valence-electron chi connectivity index (χ3n) is 1.58. The summed E-state index contributed by atoms with van der Waals surface area (Å²) in [7, 11) is 0. The Labute approximate surface area is 82.9 Å². The molecule has 1 rings (SSSR count). The number of hydrogen-bond acceptors (Lipinski definition) is 3. The molecule has 1 heterocycles. The molecule has 0 fully saturated rings. The van der Waals surface area contributed by atoms with Gasteiger partial charge in [0.1, 0.15) is 6.61 Å². The molecule has 0 radical (unpaired) electrons. The Hall–Kier alpha value is -1.36. The van der Waals surface area contributed by atoms with Gasteiger partial charge < -0.3 is 15.0 Å². The number of nitrogens with one attached hydrogen (secondary N) is 2. The van der Waals surface area contributed by atoms with Gasteiger partial charge in [0, 0.05) is 6.20 Å². The van der Waals surface area contributed by atoms with Gasteiger partial charge in [-0.25, -0.2) is 4.98 Å². The molecule has 78 valence electrons. The molecule has 0 unspecified atom stereocenters. The molecule has 2 N–H and O–H groups in total. The van der Waals surface area contributed by atoms with Crippen molar-refractivity contribution in [3.8, 4) is 0 Å². The fourth-order valence-electron chi connectivity index (χ4n) is 0.869. The van der Waals surface area contributed by atoms with Crippen LogP contribution < -0.4 is 5.32 Å². The van der Waals surface area contributed by atoms with Gasteiger partial charge in [-0.1, -0.05) is 0 Å².